The molecule has 2 heterocycles. The Kier molecular flexibility index (Phi) is 4.37. The molecule has 0 unspecified atom stereocenters. The Morgan fingerprint density at radius 3 is 2.74 bits per heavy atom. The standard InChI is InChI=1S/C21H14N2O4/c24-13-16-12-22-19(21(25)23-17-4-2-1-3-5-17)11-18(16)14-6-7-20-15(10-14)8-9-26-27-20/h1-13H,(H,23,25). The Bertz CT molecular complexity index is 1050. The summed E-state index contributed by atoms with van der Waals surface area (Å²) in [6.07, 6.45) is 5.30. The highest BCUT2D eigenvalue weighted by Crippen LogP contribution is 2.31. The zero-order valence-electron chi connectivity index (χ0n) is 14.1. The van der Waals surface area contributed by atoms with Gasteiger partial charge in [0.05, 0.1) is 0 Å². The lowest BCUT2D eigenvalue weighted by Crippen LogP contribution is -2.14. The number of benzene rings is 2. The highest BCUT2D eigenvalue weighted by atomic mass is 17.2. The third kappa shape index (κ3) is 3.41. The number of pyridine rings is 1. The predicted octanol–water partition coefficient (Wildman–Crippen LogP) is 4.11. The second-order valence-electron chi connectivity index (χ2n) is 5.83. The summed E-state index contributed by atoms with van der Waals surface area (Å²) in [5, 5.41) is 2.79. The summed E-state index contributed by atoms with van der Waals surface area (Å²) < 4.78 is 0. The quantitative estimate of drug-likeness (QED) is 0.561. The average Bonchev–Trinajstić information content (AvgIpc) is 2.73. The van der Waals surface area contributed by atoms with Crippen LogP contribution in [0, 0.1) is 0 Å². The predicted molar refractivity (Wildman–Crippen MR) is 100 cm³/mol. The summed E-state index contributed by atoms with van der Waals surface area (Å²) in [5.74, 6) is 0.222. The fraction of sp³-hybridized carbons (Fsp3) is 0. The molecule has 1 aromatic heterocycles. The van der Waals surface area contributed by atoms with Crippen LogP contribution in [0.4, 0.5) is 5.69 Å². The lowest BCUT2D eigenvalue weighted by Gasteiger charge is -2.13. The van der Waals surface area contributed by atoms with E-state index in [1.807, 2.05) is 24.3 Å². The van der Waals surface area contributed by atoms with Crippen molar-refractivity contribution in [2.24, 2.45) is 0 Å². The zero-order valence-corrected chi connectivity index (χ0v) is 14.1. The third-order valence-corrected chi connectivity index (χ3v) is 4.09. The summed E-state index contributed by atoms with van der Waals surface area (Å²) in [6, 6.07) is 16.1. The van der Waals surface area contributed by atoms with E-state index in [4.69, 9.17) is 9.78 Å². The second-order valence-corrected chi connectivity index (χ2v) is 5.83. The maximum Gasteiger partial charge on any atom is 0.274 e. The number of para-hydroxylation sites is 1. The van der Waals surface area contributed by atoms with Gasteiger partial charge in [-0.1, -0.05) is 24.3 Å². The molecule has 1 aliphatic heterocycles. The van der Waals surface area contributed by atoms with Gasteiger partial charge >= 0.3 is 0 Å². The van der Waals surface area contributed by atoms with Crippen LogP contribution in [-0.2, 0) is 4.89 Å². The molecule has 0 spiro atoms. The van der Waals surface area contributed by atoms with E-state index in [-0.39, 0.29) is 11.6 Å². The molecule has 0 radical (unpaired) electrons. The van der Waals surface area contributed by atoms with Crippen LogP contribution >= 0.6 is 0 Å². The molecule has 0 fully saturated rings. The number of hydrogen-bond donors (Lipinski definition) is 1. The second kappa shape index (κ2) is 7.13. The first-order chi connectivity index (χ1) is 13.2. The van der Waals surface area contributed by atoms with Crippen LogP contribution < -0.4 is 10.2 Å². The van der Waals surface area contributed by atoms with Gasteiger partial charge in [-0.05, 0) is 47.5 Å². The van der Waals surface area contributed by atoms with E-state index in [0.29, 0.717) is 22.6 Å². The van der Waals surface area contributed by atoms with Crippen molar-refractivity contribution in [1.82, 2.24) is 4.98 Å². The molecule has 132 valence electrons. The summed E-state index contributed by atoms with van der Waals surface area (Å²) >= 11 is 0. The molecule has 0 aliphatic carbocycles. The maximum absolute atomic E-state index is 12.5. The van der Waals surface area contributed by atoms with Crippen LogP contribution in [0.25, 0.3) is 17.2 Å². The van der Waals surface area contributed by atoms with Gasteiger partial charge in [0.25, 0.3) is 5.91 Å². The highest BCUT2D eigenvalue weighted by Gasteiger charge is 2.15. The maximum atomic E-state index is 12.5. The lowest BCUT2D eigenvalue weighted by atomic mass is 9.98. The summed E-state index contributed by atoms with van der Waals surface area (Å²) in [4.78, 5) is 38.0. The van der Waals surface area contributed by atoms with E-state index in [9.17, 15) is 9.59 Å². The van der Waals surface area contributed by atoms with Gasteiger partial charge in [0.1, 0.15) is 12.0 Å². The SMILES string of the molecule is O=Cc1cnc(C(=O)Nc2ccccc2)cc1-c1ccc2c(c1)C=COO2. The molecule has 3 aromatic rings. The number of amides is 1. The molecule has 4 rings (SSSR count). The van der Waals surface area contributed by atoms with Crippen LogP contribution in [0.3, 0.4) is 0 Å². The largest absolute Gasteiger partial charge is 0.321 e. The van der Waals surface area contributed by atoms with E-state index in [1.54, 1.807) is 36.4 Å². The highest BCUT2D eigenvalue weighted by molar-refractivity contribution is 6.04. The van der Waals surface area contributed by atoms with Gasteiger partial charge in [-0.3, -0.25) is 24.3 Å². The van der Waals surface area contributed by atoms with Crippen molar-refractivity contribution in [3.05, 3.63) is 83.9 Å². The van der Waals surface area contributed by atoms with Crippen LogP contribution in [0.2, 0.25) is 0 Å². The molecule has 0 saturated heterocycles. The number of anilines is 1. The number of aromatic nitrogens is 1. The third-order valence-electron chi connectivity index (χ3n) is 4.09. The molecule has 27 heavy (non-hydrogen) atoms. The van der Waals surface area contributed by atoms with Crippen LogP contribution in [0.15, 0.2) is 67.1 Å². The number of rotatable bonds is 4. The van der Waals surface area contributed by atoms with E-state index < -0.39 is 0 Å². The number of carbonyl (C=O) groups is 2. The van der Waals surface area contributed by atoms with Crippen molar-refractivity contribution in [1.29, 1.82) is 0 Å². The first-order valence-electron chi connectivity index (χ1n) is 8.20. The first kappa shape index (κ1) is 16.5. The molecule has 6 heteroatoms. The summed E-state index contributed by atoms with van der Waals surface area (Å²) in [5.41, 5.74) is 3.46. The Balaban J connectivity index is 1.70. The van der Waals surface area contributed by atoms with E-state index in [2.05, 4.69) is 10.3 Å². The van der Waals surface area contributed by atoms with Crippen molar-refractivity contribution in [2.75, 3.05) is 5.32 Å². The monoisotopic (exact) mass is 358 g/mol. The minimum Gasteiger partial charge on any atom is -0.321 e. The van der Waals surface area contributed by atoms with Gasteiger partial charge in [0, 0.05) is 23.0 Å². The lowest BCUT2D eigenvalue weighted by molar-refractivity contribution is -0.151. The molecule has 0 bridgehead atoms. The van der Waals surface area contributed by atoms with Gasteiger partial charge < -0.3 is 5.32 Å². The molecule has 2 aromatic carbocycles. The zero-order chi connectivity index (χ0) is 18.6. The van der Waals surface area contributed by atoms with Crippen LogP contribution in [0.1, 0.15) is 26.4 Å². The van der Waals surface area contributed by atoms with Gasteiger partial charge in [-0.25, -0.2) is 0 Å². The number of aldehydes is 1. The number of fused-ring (bicyclic) bond motifs is 1. The first-order valence-corrected chi connectivity index (χ1v) is 8.20. The van der Waals surface area contributed by atoms with Crippen LogP contribution in [0.5, 0.6) is 5.75 Å². The van der Waals surface area contributed by atoms with Crippen LogP contribution in [-0.4, -0.2) is 17.2 Å². The van der Waals surface area contributed by atoms with Gasteiger partial charge in [-0.2, -0.15) is 0 Å². The van der Waals surface area contributed by atoms with E-state index >= 15 is 0 Å². The minimum atomic E-state index is -0.352. The smallest absolute Gasteiger partial charge is 0.274 e. The van der Waals surface area contributed by atoms with E-state index in [0.717, 1.165) is 17.4 Å². The Labute approximate surface area is 155 Å². The molecule has 1 N–H and O–H groups in total. The normalized spacial score (nSPS) is 11.7. The fourth-order valence-corrected chi connectivity index (χ4v) is 2.75. The summed E-state index contributed by atoms with van der Waals surface area (Å²) in [6.45, 7) is 0. The van der Waals surface area contributed by atoms with Crippen molar-refractivity contribution in [2.45, 2.75) is 0 Å². The minimum absolute atomic E-state index is 0.215. The molecular formula is C21H14N2O4. The van der Waals surface area contributed by atoms with Crippen molar-refractivity contribution in [3.63, 3.8) is 0 Å². The topological polar surface area (TPSA) is 77.5 Å². The molecule has 6 nitrogen and oxygen atoms in total. The molecule has 0 atom stereocenters. The van der Waals surface area contributed by atoms with Gasteiger partial charge in [-0.15, -0.1) is 0 Å². The van der Waals surface area contributed by atoms with E-state index in [1.165, 1.54) is 12.5 Å². The van der Waals surface area contributed by atoms with Crippen molar-refractivity contribution < 1.29 is 19.4 Å². The molecule has 0 saturated carbocycles. The Morgan fingerprint density at radius 1 is 1.07 bits per heavy atom. The molecular weight excluding hydrogens is 344 g/mol. The Morgan fingerprint density at radius 2 is 1.93 bits per heavy atom. The average molecular weight is 358 g/mol. The van der Waals surface area contributed by atoms with Gasteiger partial charge in [0.2, 0.25) is 0 Å². The fourth-order valence-electron chi connectivity index (χ4n) is 2.75. The van der Waals surface area contributed by atoms with Gasteiger partial charge in [0.15, 0.2) is 12.0 Å². The van der Waals surface area contributed by atoms with Crippen molar-refractivity contribution >= 4 is 24.0 Å². The molecule has 1 aliphatic rings. The number of nitrogens with one attached hydrogen (secondary N) is 1. The summed E-state index contributed by atoms with van der Waals surface area (Å²) in [7, 11) is 0. The molecule has 1 amide bonds. The van der Waals surface area contributed by atoms with Crippen molar-refractivity contribution in [3.8, 4) is 16.9 Å². The number of carbonyl (C=O) groups excluding carboxylic acids is 2. The number of nitrogens with zero attached hydrogens (tertiary/aromatic N) is 1. The Hall–Kier alpha value is -3.93. The number of hydrogen-bond acceptors (Lipinski definition) is 5.